The van der Waals surface area contributed by atoms with Crippen molar-refractivity contribution in [1.82, 2.24) is 9.97 Å². The lowest BCUT2D eigenvalue weighted by atomic mass is 9.85. The molecule has 1 fully saturated rings. The second kappa shape index (κ2) is 5.36. The lowest BCUT2D eigenvalue weighted by molar-refractivity contribution is 0.338. The summed E-state index contributed by atoms with van der Waals surface area (Å²) in [5.74, 6) is 1.83. The molecule has 0 bridgehead atoms. The first-order valence-corrected chi connectivity index (χ1v) is 7.54. The molecule has 0 radical (unpaired) electrons. The van der Waals surface area contributed by atoms with Crippen LogP contribution in [0.1, 0.15) is 12.8 Å². The van der Waals surface area contributed by atoms with Gasteiger partial charge < -0.3 is 4.90 Å². The fourth-order valence-corrected chi connectivity index (χ4v) is 3.37. The van der Waals surface area contributed by atoms with Gasteiger partial charge in [0.1, 0.15) is 17.2 Å². The van der Waals surface area contributed by atoms with Crippen LogP contribution in [0.25, 0.3) is 0 Å². The molecule has 1 aliphatic rings. The average molecular weight is 302 g/mol. The van der Waals surface area contributed by atoms with Gasteiger partial charge >= 0.3 is 0 Å². The van der Waals surface area contributed by atoms with Crippen molar-refractivity contribution in [3.05, 3.63) is 12.4 Å². The molecule has 0 spiro atoms. The molecular formula is C11H16BrN3S. The molecule has 0 amide bonds. The first kappa shape index (κ1) is 12.2. The smallest absolute Gasteiger partial charge is 0.132 e. The molecule has 3 nitrogen and oxygen atoms in total. The molecule has 0 unspecified atom stereocenters. The molecule has 2 rings (SSSR count). The van der Waals surface area contributed by atoms with Crippen LogP contribution in [0.2, 0.25) is 0 Å². The van der Waals surface area contributed by atoms with Crippen LogP contribution in [0.3, 0.4) is 0 Å². The number of aromatic nitrogens is 2. The van der Waals surface area contributed by atoms with Crippen LogP contribution >= 0.6 is 27.7 Å². The van der Waals surface area contributed by atoms with Gasteiger partial charge in [-0.1, -0.05) is 15.9 Å². The SMILES string of the molecule is CSc1cc(N(C)CC2CC(Br)C2)ncn1. The van der Waals surface area contributed by atoms with Gasteiger partial charge in [-0.2, -0.15) is 0 Å². The minimum Gasteiger partial charge on any atom is -0.359 e. The van der Waals surface area contributed by atoms with Gasteiger partial charge in [0, 0.05) is 24.5 Å². The van der Waals surface area contributed by atoms with Gasteiger partial charge in [-0.05, 0) is 25.0 Å². The van der Waals surface area contributed by atoms with E-state index in [9.17, 15) is 0 Å². The largest absolute Gasteiger partial charge is 0.359 e. The lowest BCUT2D eigenvalue weighted by Gasteiger charge is -2.34. The van der Waals surface area contributed by atoms with E-state index in [2.05, 4.69) is 43.9 Å². The lowest BCUT2D eigenvalue weighted by Crippen LogP contribution is -2.35. The zero-order chi connectivity index (χ0) is 11.5. The maximum absolute atomic E-state index is 4.31. The average Bonchev–Trinajstić information content (AvgIpc) is 2.27. The summed E-state index contributed by atoms with van der Waals surface area (Å²) in [6.07, 6.45) is 6.24. The van der Waals surface area contributed by atoms with E-state index in [1.165, 1.54) is 12.8 Å². The summed E-state index contributed by atoms with van der Waals surface area (Å²) in [6, 6.07) is 2.05. The highest BCUT2D eigenvalue weighted by molar-refractivity contribution is 9.09. The summed E-state index contributed by atoms with van der Waals surface area (Å²) in [5, 5.41) is 1.03. The summed E-state index contributed by atoms with van der Waals surface area (Å²) in [5.41, 5.74) is 0. The van der Waals surface area contributed by atoms with Crippen molar-refractivity contribution >= 4 is 33.5 Å². The Hall–Kier alpha value is -0.290. The van der Waals surface area contributed by atoms with E-state index in [1.54, 1.807) is 18.1 Å². The Morgan fingerprint density at radius 2 is 2.25 bits per heavy atom. The topological polar surface area (TPSA) is 29.0 Å². The molecule has 1 aromatic heterocycles. The summed E-state index contributed by atoms with van der Waals surface area (Å²) in [4.78, 5) is 11.5. The molecule has 0 atom stereocenters. The molecule has 88 valence electrons. The molecule has 0 aromatic carbocycles. The fraction of sp³-hybridized carbons (Fsp3) is 0.636. The number of nitrogens with zero attached hydrogens (tertiary/aromatic N) is 3. The molecule has 5 heteroatoms. The molecule has 0 saturated heterocycles. The third-order valence-corrected chi connectivity index (χ3v) is 4.33. The monoisotopic (exact) mass is 301 g/mol. The van der Waals surface area contributed by atoms with Gasteiger partial charge in [-0.3, -0.25) is 0 Å². The van der Waals surface area contributed by atoms with Crippen LogP contribution in [0.4, 0.5) is 5.82 Å². The fourth-order valence-electron chi connectivity index (χ4n) is 1.93. The number of halogens is 1. The molecule has 1 aromatic rings. The first-order valence-electron chi connectivity index (χ1n) is 5.40. The third kappa shape index (κ3) is 2.88. The summed E-state index contributed by atoms with van der Waals surface area (Å²) < 4.78 is 0. The standard InChI is InChI=1S/C11H16BrN3S/c1-15(6-8-3-9(12)4-8)10-5-11(16-2)14-7-13-10/h5,7-9H,3-4,6H2,1-2H3. The maximum Gasteiger partial charge on any atom is 0.132 e. The molecule has 1 heterocycles. The molecule has 16 heavy (non-hydrogen) atoms. The minimum absolute atomic E-state index is 0.734. The van der Waals surface area contributed by atoms with Crippen molar-refractivity contribution in [2.45, 2.75) is 22.7 Å². The first-order chi connectivity index (χ1) is 7.69. The highest BCUT2D eigenvalue weighted by atomic mass is 79.9. The van der Waals surface area contributed by atoms with Crippen molar-refractivity contribution in [2.24, 2.45) is 5.92 Å². The van der Waals surface area contributed by atoms with Crippen LogP contribution in [0.15, 0.2) is 17.4 Å². The van der Waals surface area contributed by atoms with E-state index in [4.69, 9.17) is 0 Å². The number of hydrogen-bond acceptors (Lipinski definition) is 4. The summed E-state index contributed by atoms with van der Waals surface area (Å²) in [6.45, 7) is 1.09. The third-order valence-electron chi connectivity index (χ3n) is 2.94. The second-order valence-electron chi connectivity index (χ2n) is 4.23. The van der Waals surface area contributed by atoms with Crippen LogP contribution in [-0.4, -0.2) is 34.6 Å². The van der Waals surface area contributed by atoms with Gasteiger partial charge in [0.05, 0.1) is 0 Å². The Morgan fingerprint density at radius 3 is 2.88 bits per heavy atom. The molecular weight excluding hydrogens is 286 g/mol. The number of rotatable bonds is 4. The number of hydrogen-bond donors (Lipinski definition) is 0. The molecule has 1 saturated carbocycles. The predicted molar refractivity (Wildman–Crippen MR) is 72.5 cm³/mol. The van der Waals surface area contributed by atoms with Gasteiger partial charge in [0.15, 0.2) is 0 Å². The Bertz CT molecular complexity index is 355. The van der Waals surface area contributed by atoms with Gasteiger partial charge in [-0.15, -0.1) is 11.8 Å². The normalized spacial score (nSPS) is 23.9. The maximum atomic E-state index is 4.31. The second-order valence-corrected chi connectivity index (χ2v) is 6.36. The number of anilines is 1. The van der Waals surface area contributed by atoms with E-state index >= 15 is 0 Å². The highest BCUT2D eigenvalue weighted by Gasteiger charge is 2.27. The Morgan fingerprint density at radius 1 is 1.50 bits per heavy atom. The summed E-state index contributed by atoms with van der Waals surface area (Å²) >= 11 is 5.28. The van der Waals surface area contributed by atoms with Crippen molar-refractivity contribution < 1.29 is 0 Å². The molecule has 0 aliphatic heterocycles. The van der Waals surface area contributed by atoms with Gasteiger partial charge in [0.25, 0.3) is 0 Å². The zero-order valence-corrected chi connectivity index (χ0v) is 12.0. The highest BCUT2D eigenvalue weighted by Crippen LogP contribution is 2.34. The Labute approximate surface area is 109 Å². The quantitative estimate of drug-likeness (QED) is 0.486. The van der Waals surface area contributed by atoms with Crippen molar-refractivity contribution in [3.63, 3.8) is 0 Å². The van der Waals surface area contributed by atoms with Crippen molar-refractivity contribution in [1.29, 1.82) is 0 Å². The Balaban J connectivity index is 1.94. The molecule has 0 N–H and O–H groups in total. The van der Waals surface area contributed by atoms with E-state index < -0.39 is 0 Å². The Kier molecular flexibility index (Phi) is 4.08. The number of alkyl halides is 1. The van der Waals surface area contributed by atoms with Crippen LogP contribution in [0.5, 0.6) is 0 Å². The van der Waals surface area contributed by atoms with E-state index in [-0.39, 0.29) is 0 Å². The summed E-state index contributed by atoms with van der Waals surface area (Å²) in [7, 11) is 2.11. The zero-order valence-electron chi connectivity index (χ0n) is 9.56. The van der Waals surface area contributed by atoms with Gasteiger partial charge in [-0.25, -0.2) is 9.97 Å². The van der Waals surface area contributed by atoms with E-state index in [0.29, 0.717) is 0 Å². The van der Waals surface area contributed by atoms with Crippen LogP contribution < -0.4 is 4.90 Å². The van der Waals surface area contributed by atoms with Crippen LogP contribution in [0, 0.1) is 5.92 Å². The van der Waals surface area contributed by atoms with Crippen molar-refractivity contribution in [3.8, 4) is 0 Å². The van der Waals surface area contributed by atoms with E-state index in [1.807, 2.05) is 6.26 Å². The van der Waals surface area contributed by atoms with Crippen molar-refractivity contribution in [2.75, 3.05) is 24.7 Å². The molecule has 1 aliphatic carbocycles. The van der Waals surface area contributed by atoms with Gasteiger partial charge in [0.2, 0.25) is 0 Å². The van der Waals surface area contributed by atoms with Crippen LogP contribution in [-0.2, 0) is 0 Å². The van der Waals surface area contributed by atoms with E-state index in [0.717, 1.165) is 28.1 Å². The minimum atomic E-state index is 0.734. The number of thioether (sulfide) groups is 1. The predicted octanol–water partition coefficient (Wildman–Crippen LogP) is 2.81.